The Kier molecular flexibility index (Phi) is 6.58. The van der Waals surface area contributed by atoms with Crippen molar-refractivity contribution in [3.05, 3.63) is 29.8 Å². The van der Waals surface area contributed by atoms with Gasteiger partial charge in [0.2, 0.25) is 10.0 Å². The van der Waals surface area contributed by atoms with Gasteiger partial charge in [-0.1, -0.05) is 31.4 Å². The van der Waals surface area contributed by atoms with Crippen LogP contribution < -0.4 is 10.0 Å². The van der Waals surface area contributed by atoms with Crippen LogP contribution in [0.5, 0.6) is 0 Å². The standard InChI is InChI=1S/C18H28N2O5S2/c21-18-13-26(22,23)12-17(18)19-10-11-20-27(24,25)16-8-6-15(7-9-16)14-4-2-1-3-5-14/h6-9,14,17-21H,1-5,10-13H2/t17-,18-/m1/s1. The molecule has 0 amide bonds. The van der Waals surface area contributed by atoms with Crippen LogP contribution in [-0.4, -0.2) is 58.7 Å². The number of nitrogens with one attached hydrogen (secondary N) is 2. The van der Waals surface area contributed by atoms with Crippen molar-refractivity contribution in [2.45, 2.75) is 55.1 Å². The maximum Gasteiger partial charge on any atom is 0.240 e. The first-order chi connectivity index (χ1) is 12.8. The monoisotopic (exact) mass is 416 g/mol. The molecule has 2 fully saturated rings. The Hall–Kier alpha value is -1.00. The lowest BCUT2D eigenvalue weighted by Gasteiger charge is -2.22. The Labute approximate surface area is 161 Å². The van der Waals surface area contributed by atoms with Crippen molar-refractivity contribution in [3.8, 4) is 0 Å². The third-order valence-corrected chi connectivity index (χ3v) is 8.61. The molecule has 3 rings (SSSR count). The molecule has 9 heteroatoms. The molecule has 1 saturated heterocycles. The number of rotatable bonds is 7. The second-order valence-electron chi connectivity index (χ2n) is 7.51. The highest BCUT2D eigenvalue weighted by Crippen LogP contribution is 2.32. The van der Waals surface area contributed by atoms with Crippen LogP contribution in [0.1, 0.15) is 43.6 Å². The molecule has 1 aliphatic heterocycles. The number of sulfonamides is 1. The lowest BCUT2D eigenvalue weighted by molar-refractivity contribution is 0.166. The van der Waals surface area contributed by atoms with Gasteiger partial charge in [-0.2, -0.15) is 0 Å². The summed E-state index contributed by atoms with van der Waals surface area (Å²) in [6.45, 7) is 0.368. The first-order valence-corrected chi connectivity index (χ1v) is 12.8. The van der Waals surface area contributed by atoms with Crippen molar-refractivity contribution >= 4 is 19.9 Å². The van der Waals surface area contributed by atoms with Crippen molar-refractivity contribution in [1.29, 1.82) is 0 Å². The van der Waals surface area contributed by atoms with E-state index in [2.05, 4.69) is 10.0 Å². The third-order valence-electron chi connectivity index (χ3n) is 5.41. The molecule has 1 heterocycles. The fourth-order valence-corrected chi connectivity index (χ4v) is 6.71. The van der Waals surface area contributed by atoms with E-state index in [1.54, 1.807) is 12.1 Å². The number of aliphatic hydroxyl groups excluding tert-OH is 1. The first-order valence-electron chi connectivity index (χ1n) is 9.48. The summed E-state index contributed by atoms with van der Waals surface area (Å²) in [5.74, 6) is 0.162. The molecule has 2 aliphatic rings. The molecule has 7 nitrogen and oxygen atoms in total. The van der Waals surface area contributed by atoms with Gasteiger partial charge in [-0.25, -0.2) is 21.6 Å². The summed E-state index contributed by atoms with van der Waals surface area (Å²) in [6, 6.07) is 6.56. The van der Waals surface area contributed by atoms with Gasteiger partial charge >= 0.3 is 0 Å². The minimum absolute atomic E-state index is 0.121. The van der Waals surface area contributed by atoms with Crippen LogP contribution in [0.3, 0.4) is 0 Å². The molecule has 3 N–H and O–H groups in total. The van der Waals surface area contributed by atoms with Crippen LogP contribution in [-0.2, 0) is 19.9 Å². The zero-order chi connectivity index (χ0) is 19.5. The molecule has 0 spiro atoms. The lowest BCUT2D eigenvalue weighted by Crippen LogP contribution is -2.42. The zero-order valence-electron chi connectivity index (χ0n) is 15.3. The quantitative estimate of drug-likeness (QED) is 0.566. The summed E-state index contributed by atoms with van der Waals surface area (Å²) in [6.07, 6.45) is 5.13. The molecule has 0 unspecified atom stereocenters. The van der Waals surface area contributed by atoms with E-state index in [9.17, 15) is 21.9 Å². The molecule has 1 saturated carbocycles. The molecular formula is C18H28N2O5S2. The highest BCUT2D eigenvalue weighted by atomic mass is 32.2. The highest BCUT2D eigenvalue weighted by Gasteiger charge is 2.35. The largest absolute Gasteiger partial charge is 0.390 e. The number of sulfone groups is 1. The van der Waals surface area contributed by atoms with Gasteiger partial charge < -0.3 is 10.4 Å². The zero-order valence-corrected chi connectivity index (χ0v) is 16.9. The van der Waals surface area contributed by atoms with Gasteiger partial charge in [0.15, 0.2) is 9.84 Å². The van der Waals surface area contributed by atoms with Crippen LogP contribution in [0.25, 0.3) is 0 Å². The Morgan fingerprint density at radius 2 is 1.67 bits per heavy atom. The van der Waals surface area contributed by atoms with E-state index < -0.39 is 32.0 Å². The van der Waals surface area contributed by atoms with Crippen molar-refractivity contribution in [1.82, 2.24) is 10.0 Å². The molecule has 152 valence electrons. The van der Waals surface area contributed by atoms with Gasteiger partial charge in [-0.15, -0.1) is 0 Å². The van der Waals surface area contributed by atoms with E-state index in [0.29, 0.717) is 5.92 Å². The molecule has 1 aromatic carbocycles. The average Bonchev–Trinajstić information content (AvgIpc) is 2.91. The van der Waals surface area contributed by atoms with Crippen molar-refractivity contribution in [3.63, 3.8) is 0 Å². The van der Waals surface area contributed by atoms with Gasteiger partial charge in [0.05, 0.1) is 22.5 Å². The summed E-state index contributed by atoms with van der Waals surface area (Å²) < 4.78 is 50.2. The maximum absolute atomic E-state index is 12.4. The summed E-state index contributed by atoms with van der Waals surface area (Å²) in [7, 11) is -6.83. The van der Waals surface area contributed by atoms with E-state index in [4.69, 9.17) is 0 Å². The van der Waals surface area contributed by atoms with Crippen LogP contribution in [0.2, 0.25) is 0 Å². The number of benzene rings is 1. The first kappa shape index (κ1) is 20.7. The topological polar surface area (TPSA) is 113 Å². The van der Waals surface area contributed by atoms with E-state index in [-0.39, 0.29) is 29.5 Å². The molecule has 1 aromatic rings. The smallest absolute Gasteiger partial charge is 0.240 e. The fraction of sp³-hybridized carbons (Fsp3) is 0.667. The van der Waals surface area contributed by atoms with Crippen molar-refractivity contribution in [2.24, 2.45) is 0 Å². The Morgan fingerprint density at radius 3 is 2.26 bits per heavy atom. The number of hydrogen-bond acceptors (Lipinski definition) is 6. The van der Waals surface area contributed by atoms with Gasteiger partial charge in [0, 0.05) is 19.1 Å². The van der Waals surface area contributed by atoms with Gasteiger partial charge in [-0.05, 0) is 36.5 Å². The van der Waals surface area contributed by atoms with Crippen molar-refractivity contribution < 1.29 is 21.9 Å². The molecule has 0 bridgehead atoms. The SMILES string of the molecule is O=S1(=O)C[C@@H](O)[C@H](NCCNS(=O)(=O)c2ccc(C3CCCCC3)cc2)C1. The average molecular weight is 417 g/mol. The van der Waals surface area contributed by atoms with E-state index in [1.165, 1.54) is 37.7 Å². The summed E-state index contributed by atoms with van der Waals surface area (Å²) in [5, 5.41) is 12.6. The van der Waals surface area contributed by atoms with Gasteiger partial charge in [0.1, 0.15) is 0 Å². The maximum atomic E-state index is 12.4. The predicted molar refractivity (Wildman–Crippen MR) is 104 cm³/mol. The van der Waals surface area contributed by atoms with Crippen LogP contribution >= 0.6 is 0 Å². The second kappa shape index (κ2) is 8.57. The van der Waals surface area contributed by atoms with E-state index in [1.807, 2.05) is 12.1 Å². The number of hydrogen-bond donors (Lipinski definition) is 3. The van der Waals surface area contributed by atoms with Gasteiger partial charge in [0.25, 0.3) is 0 Å². The molecule has 2 atom stereocenters. The predicted octanol–water partition coefficient (Wildman–Crippen LogP) is 0.760. The summed E-state index contributed by atoms with van der Waals surface area (Å²) in [4.78, 5) is 0.227. The Bertz CT molecular complexity index is 831. The molecule has 0 radical (unpaired) electrons. The molecule has 27 heavy (non-hydrogen) atoms. The third kappa shape index (κ3) is 5.51. The molecule has 1 aliphatic carbocycles. The highest BCUT2D eigenvalue weighted by molar-refractivity contribution is 7.91. The lowest BCUT2D eigenvalue weighted by atomic mass is 9.84. The minimum Gasteiger partial charge on any atom is -0.390 e. The van der Waals surface area contributed by atoms with E-state index >= 15 is 0 Å². The van der Waals surface area contributed by atoms with Crippen LogP contribution in [0, 0.1) is 0 Å². The van der Waals surface area contributed by atoms with Crippen LogP contribution in [0.4, 0.5) is 0 Å². The summed E-state index contributed by atoms with van der Waals surface area (Å²) in [5.41, 5.74) is 1.20. The van der Waals surface area contributed by atoms with Gasteiger partial charge in [-0.3, -0.25) is 0 Å². The number of aliphatic hydroxyl groups is 1. The normalized spacial score (nSPS) is 26.3. The Balaban J connectivity index is 1.49. The van der Waals surface area contributed by atoms with Crippen LogP contribution in [0.15, 0.2) is 29.2 Å². The second-order valence-corrected chi connectivity index (χ2v) is 11.4. The van der Waals surface area contributed by atoms with E-state index in [0.717, 1.165) is 0 Å². The van der Waals surface area contributed by atoms with Crippen molar-refractivity contribution in [2.75, 3.05) is 24.6 Å². The molecule has 0 aromatic heterocycles. The fourth-order valence-electron chi connectivity index (χ4n) is 3.91. The molecular weight excluding hydrogens is 388 g/mol. The summed E-state index contributed by atoms with van der Waals surface area (Å²) >= 11 is 0. The Morgan fingerprint density at radius 1 is 1.00 bits per heavy atom. The minimum atomic E-state index is -3.61.